The minimum absolute atomic E-state index is 0.108. The standard InChI is InChI=1S/C16H27N3O/c1-14(2,3)13-18-12(19-20-13)16(17)10-8-15(9-11-16)6-4-5-7-15/h4-11,17H2,1-3H3. The summed E-state index contributed by atoms with van der Waals surface area (Å²) in [5.74, 6) is 1.41. The van der Waals surface area contributed by atoms with E-state index in [1.165, 1.54) is 38.5 Å². The predicted molar refractivity (Wildman–Crippen MR) is 78.2 cm³/mol. The van der Waals surface area contributed by atoms with Gasteiger partial charge in [0.25, 0.3) is 0 Å². The zero-order valence-corrected chi connectivity index (χ0v) is 13.0. The van der Waals surface area contributed by atoms with Crippen molar-refractivity contribution in [3.8, 4) is 0 Å². The minimum atomic E-state index is -0.374. The van der Waals surface area contributed by atoms with Gasteiger partial charge in [-0.1, -0.05) is 38.8 Å². The minimum Gasteiger partial charge on any atom is -0.339 e. The highest BCUT2D eigenvalue weighted by molar-refractivity contribution is 5.10. The van der Waals surface area contributed by atoms with Gasteiger partial charge in [0.2, 0.25) is 5.89 Å². The first-order chi connectivity index (χ1) is 9.33. The molecular weight excluding hydrogens is 250 g/mol. The maximum Gasteiger partial charge on any atom is 0.232 e. The molecular formula is C16H27N3O. The molecule has 112 valence electrons. The summed E-state index contributed by atoms with van der Waals surface area (Å²) in [6, 6.07) is 0. The van der Waals surface area contributed by atoms with Gasteiger partial charge in [-0.25, -0.2) is 0 Å². The molecule has 4 nitrogen and oxygen atoms in total. The molecule has 2 saturated carbocycles. The average Bonchev–Trinajstić information content (AvgIpc) is 3.03. The molecule has 0 saturated heterocycles. The monoisotopic (exact) mass is 277 g/mol. The molecule has 2 N–H and O–H groups in total. The van der Waals surface area contributed by atoms with Crippen molar-refractivity contribution in [2.24, 2.45) is 11.1 Å². The fraction of sp³-hybridized carbons (Fsp3) is 0.875. The second-order valence-corrected chi connectivity index (χ2v) is 8.04. The van der Waals surface area contributed by atoms with Crippen molar-refractivity contribution in [2.75, 3.05) is 0 Å². The summed E-state index contributed by atoms with van der Waals surface area (Å²) >= 11 is 0. The van der Waals surface area contributed by atoms with E-state index in [1.54, 1.807) is 0 Å². The van der Waals surface area contributed by atoms with Crippen molar-refractivity contribution in [1.82, 2.24) is 10.1 Å². The maximum atomic E-state index is 6.60. The van der Waals surface area contributed by atoms with Crippen LogP contribution in [0.4, 0.5) is 0 Å². The van der Waals surface area contributed by atoms with Gasteiger partial charge in [0.1, 0.15) is 0 Å². The SMILES string of the molecule is CC(C)(C)c1nc(C2(N)CCC3(CCCC3)CC2)no1. The maximum absolute atomic E-state index is 6.60. The number of aromatic nitrogens is 2. The van der Waals surface area contributed by atoms with Gasteiger partial charge in [0.15, 0.2) is 5.82 Å². The van der Waals surface area contributed by atoms with Crippen LogP contribution < -0.4 is 5.73 Å². The summed E-state index contributed by atoms with van der Waals surface area (Å²) in [6.07, 6.45) is 10.0. The van der Waals surface area contributed by atoms with Gasteiger partial charge in [0.05, 0.1) is 5.54 Å². The van der Waals surface area contributed by atoms with Crippen molar-refractivity contribution in [1.29, 1.82) is 0 Å². The van der Waals surface area contributed by atoms with Crippen LogP contribution in [0.1, 0.15) is 83.9 Å². The molecule has 2 aliphatic rings. The van der Waals surface area contributed by atoms with Crippen LogP contribution in [0.5, 0.6) is 0 Å². The zero-order valence-electron chi connectivity index (χ0n) is 13.0. The van der Waals surface area contributed by atoms with Crippen molar-refractivity contribution in [2.45, 2.75) is 83.1 Å². The van der Waals surface area contributed by atoms with Crippen molar-refractivity contribution in [3.63, 3.8) is 0 Å². The van der Waals surface area contributed by atoms with Gasteiger partial charge in [-0.2, -0.15) is 4.98 Å². The van der Waals surface area contributed by atoms with Crippen LogP contribution in [0, 0.1) is 5.41 Å². The van der Waals surface area contributed by atoms with E-state index in [2.05, 4.69) is 30.9 Å². The lowest BCUT2D eigenvalue weighted by Gasteiger charge is -2.41. The molecule has 1 spiro atoms. The second-order valence-electron chi connectivity index (χ2n) is 8.04. The van der Waals surface area contributed by atoms with Crippen LogP contribution in [0.25, 0.3) is 0 Å². The summed E-state index contributed by atoms with van der Waals surface area (Å²) in [6.45, 7) is 6.26. The highest BCUT2D eigenvalue weighted by atomic mass is 16.5. The number of hydrogen-bond acceptors (Lipinski definition) is 4. The fourth-order valence-electron chi connectivity index (χ4n) is 3.81. The lowest BCUT2D eigenvalue weighted by atomic mass is 9.66. The number of nitrogens with zero attached hydrogens (tertiary/aromatic N) is 2. The molecule has 2 aliphatic carbocycles. The van der Waals surface area contributed by atoms with Gasteiger partial charge < -0.3 is 10.3 Å². The van der Waals surface area contributed by atoms with E-state index in [1.807, 2.05) is 0 Å². The van der Waals surface area contributed by atoms with E-state index in [0.717, 1.165) is 18.7 Å². The number of rotatable bonds is 1. The Kier molecular flexibility index (Phi) is 3.20. The topological polar surface area (TPSA) is 64.9 Å². The third-order valence-electron chi connectivity index (χ3n) is 5.38. The Hall–Kier alpha value is -0.900. The normalized spacial score (nSPS) is 25.2. The van der Waals surface area contributed by atoms with Crippen molar-refractivity contribution < 1.29 is 4.52 Å². The molecule has 0 unspecified atom stereocenters. The molecule has 0 amide bonds. The second kappa shape index (κ2) is 4.55. The molecule has 1 heterocycles. The van der Waals surface area contributed by atoms with E-state index in [9.17, 15) is 0 Å². The van der Waals surface area contributed by atoms with Gasteiger partial charge in [-0.05, 0) is 43.9 Å². The van der Waals surface area contributed by atoms with Crippen molar-refractivity contribution >= 4 is 0 Å². The summed E-state index contributed by atoms with van der Waals surface area (Å²) in [5, 5.41) is 4.18. The first-order valence-corrected chi connectivity index (χ1v) is 7.97. The van der Waals surface area contributed by atoms with Gasteiger partial charge in [-0.15, -0.1) is 0 Å². The first kappa shape index (κ1) is 14.1. The predicted octanol–water partition coefficient (Wildman–Crippen LogP) is 3.66. The highest BCUT2D eigenvalue weighted by Crippen LogP contribution is 2.52. The molecule has 3 rings (SSSR count). The van der Waals surface area contributed by atoms with E-state index in [0.29, 0.717) is 11.3 Å². The van der Waals surface area contributed by atoms with E-state index in [4.69, 9.17) is 10.3 Å². The Morgan fingerprint density at radius 2 is 1.60 bits per heavy atom. The third kappa shape index (κ3) is 2.39. The number of hydrogen-bond donors (Lipinski definition) is 1. The van der Waals surface area contributed by atoms with E-state index >= 15 is 0 Å². The lowest BCUT2D eigenvalue weighted by molar-refractivity contribution is 0.127. The molecule has 1 aromatic heterocycles. The van der Waals surface area contributed by atoms with Crippen LogP contribution in [0.3, 0.4) is 0 Å². The Labute approximate surface area is 121 Å². The Morgan fingerprint density at radius 1 is 1.00 bits per heavy atom. The van der Waals surface area contributed by atoms with Crippen LogP contribution in [-0.2, 0) is 11.0 Å². The van der Waals surface area contributed by atoms with E-state index < -0.39 is 0 Å². The summed E-state index contributed by atoms with van der Waals surface area (Å²) in [7, 11) is 0. The summed E-state index contributed by atoms with van der Waals surface area (Å²) < 4.78 is 5.42. The Balaban J connectivity index is 1.75. The molecule has 4 heteroatoms. The molecule has 0 bridgehead atoms. The molecule has 1 aromatic rings. The van der Waals surface area contributed by atoms with Crippen LogP contribution in [0.15, 0.2) is 4.52 Å². The largest absolute Gasteiger partial charge is 0.339 e. The van der Waals surface area contributed by atoms with Gasteiger partial charge in [-0.3, -0.25) is 0 Å². The fourth-order valence-corrected chi connectivity index (χ4v) is 3.81. The van der Waals surface area contributed by atoms with Crippen LogP contribution >= 0.6 is 0 Å². The van der Waals surface area contributed by atoms with Gasteiger partial charge >= 0.3 is 0 Å². The van der Waals surface area contributed by atoms with Gasteiger partial charge in [0, 0.05) is 5.41 Å². The smallest absolute Gasteiger partial charge is 0.232 e. The molecule has 20 heavy (non-hydrogen) atoms. The first-order valence-electron chi connectivity index (χ1n) is 7.97. The molecule has 0 radical (unpaired) electrons. The van der Waals surface area contributed by atoms with Crippen LogP contribution in [0.2, 0.25) is 0 Å². The van der Waals surface area contributed by atoms with Crippen LogP contribution in [-0.4, -0.2) is 10.1 Å². The highest BCUT2D eigenvalue weighted by Gasteiger charge is 2.45. The Morgan fingerprint density at radius 3 is 2.10 bits per heavy atom. The third-order valence-corrected chi connectivity index (χ3v) is 5.38. The quantitative estimate of drug-likeness (QED) is 0.851. The zero-order chi connectivity index (χ0) is 14.4. The van der Waals surface area contributed by atoms with E-state index in [-0.39, 0.29) is 11.0 Å². The summed E-state index contributed by atoms with van der Waals surface area (Å²) in [4.78, 5) is 4.59. The Bertz CT molecular complexity index is 470. The molecule has 2 fully saturated rings. The lowest BCUT2D eigenvalue weighted by Crippen LogP contribution is -2.44. The summed E-state index contributed by atoms with van der Waals surface area (Å²) in [5.41, 5.74) is 6.70. The molecule has 0 atom stereocenters. The molecule has 0 aliphatic heterocycles. The van der Waals surface area contributed by atoms with Crippen molar-refractivity contribution in [3.05, 3.63) is 11.7 Å². The average molecular weight is 277 g/mol. The number of nitrogens with two attached hydrogens (primary N) is 1. The molecule has 0 aromatic carbocycles.